The third-order valence-corrected chi connectivity index (χ3v) is 18.0. The van der Waals surface area contributed by atoms with Crippen molar-refractivity contribution >= 4 is 129 Å². The van der Waals surface area contributed by atoms with Gasteiger partial charge in [0.05, 0.1) is 32.5 Å². The third kappa shape index (κ3) is 32.0. The fourth-order valence-electron chi connectivity index (χ4n) is 11.4. The van der Waals surface area contributed by atoms with Crippen molar-refractivity contribution in [1.29, 1.82) is 0 Å². The van der Waals surface area contributed by atoms with Gasteiger partial charge in [0, 0.05) is 56.9 Å². The number of aliphatic hydroxyl groups is 2. The molecule has 0 bridgehead atoms. The minimum Gasteiger partial charge on any atom is -0.481 e. The SMILES string of the molecule is CC[C@H](C)[C@@H]1NC(=O)[C@H](CCC(=O)O)NC(=O)[C@@H](CC(N)=O)NC(=O)CNC(=O)[C@H]([C@H](OC)C(=O)O)NC(=O)[C@@H](CO)NC(=O)[C@H](CC(=O)O)NC(=O)[C@H](C)NC(=O)CN(C)C(=O)[C@@H](NC(=O)[C@@H](NC(=O)[C@@H](CCC(=O)O)NC(=O)[C@H](Cc2c[nH]c3ccccc23)NC(=O)CCCCCCCC(C)C)[C@H](O)C(N)=O)[C@H](C)OC1=O. The number of cyclic esters (lactones) is 1. The normalized spacial score (nSPS) is 22.0. The summed E-state index contributed by atoms with van der Waals surface area (Å²) in [7, 11) is 1.63. The summed E-state index contributed by atoms with van der Waals surface area (Å²) < 4.78 is 10.6. The summed E-state index contributed by atoms with van der Waals surface area (Å²) in [4.78, 5) is 275. The summed E-state index contributed by atoms with van der Waals surface area (Å²) in [6.45, 7) is 5.12. The number of H-pyrrole nitrogens is 1. The number of hydrogen-bond acceptors (Lipinski definition) is 24. The van der Waals surface area contributed by atoms with E-state index < -0.39 is 267 Å². The number of hydrogen-bond donors (Lipinski definition) is 21. The van der Waals surface area contributed by atoms with Crippen LogP contribution in [0.1, 0.15) is 137 Å². The molecule has 2 heterocycles. The van der Waals surface area contributed by atoms with Crippen LogP contribution in [0.25, 0.3) is 10.9 Å². The molecule has 1 aliphatic heterocycles. The van der Waals surface area contributed by atoms with E-state index in [9.17, 15) is 127 Å². The summed E-state index contributed by atoms with van der Waals surface area (Å²) in [6, 6.07) is -16.4. The van der Waals surface area contributed by atoms with Gasteiger partial charge in [-0.2, -0.15) is 0 Å². The molecule has 0 radical (unpaired) electrons. The van der Waals surface area contributed by atoms with Crippen molar-refractivity contribution in [3.8, 4) is 0 Å². The number of likely N-dealkylation sites (N-methyl/N-ethyl adjacent to an activating group) is 1. The zero-order valence-electron chi connectivity index (χ0n) is 64.1. The number of nitrogens with one attached hydrogen (secondary N) is 13. The number of primary amides is 2. The Labute approximate surface area is 652 Å². The minimum atomic E-state index is -2.81. The second-order valence-electron chi connectivity index (χ2n) is 27.6. The van der Waals surface area contributed by atoms with Crippen molar-refractivity contribution in [3.05, 3.63) is 36.0 Å². The summed E-state index contributed by atoms with van der Waals surface area (Å²) >= 11 is 0. The van der Waals surface area contributed by atoms with Crippen LogP contribution in [0.2, 0.25) is 0 Å². The molecule has 1 aromatic carbocycles. The maximum absolute atomic E-state index is 14.9. The number of benzene rings is 1. The zero-order chi connectivity index (χ0) is 86.0. The predicted molar refractivity (Wildman–Crippen MR) is 392 cm³/mol. The van der Waals surface area contributed by atoms with Gasteiger partial charge in [-0.05, 0) is 56.6 Å². The molecule has 15 atom stereocenters. The van der Waals surface area contributed by atoms with Gasteiger partial charge in [-0.1, -0.05) is 84.4 Å². The maximum atomic E-state index is 14.9. The zero-order valence-corrected chi connectivity index (χ0v) is 64.1. The Bertz CT molecular complexity index is 3820. The van der Waals surface area contributed by atoms with Crippen LogP contribution in [-0.2, 0) is 112 Å². The van der Waals surface area contributed by atoms with E-state index in [1.165, 1.54) is 13.8 Å². The molecule has 1 saturated heterocycles. The number of aromatic nitrogens is 1. The van der Waals surface area contributed by atoms with Gasteiger partial charge in [-0.25, -0.2) is 9.59 Å². The highest BCUT2D eigenvalue weighted by molar-refractivity contribution is 6.02. The lowest BCUT2D eigenvalue weighted by molar-refractivity contribution is -0.159. The Morgan fingerprint density at radius 1 is 0.632 bits per heavy atom. The Balaban J connectivity index is 2.25. The van der Waals surface area contributed by atoms with Crippen molar-refractivity contribution in [2.75, 3.05) is 33.9 Å². The second kappa shape index (κ2) is 47.4. The number of carbonyl (C=O) groups is 20. The van der Waals surface area contributed by atoms with Crippen LogP contribution in [0.5, 0.6) is 0 Å². The first-order chi connectivity index (χ1) is 53.5. The molecule has 0 spiro atoms. The van der Waals surface area contributed by atoms with Gasteiger partial charge >= 0.3 is 29.8 Å². The van der Waals surface area contributed by atoms with Crippen LogP contribution in [-0.4, -0.2) is 278 Å². The van der Waals surface area contributed by atoms with E-state index in [4.69, 9.17) is 20.9 Å². The van der Waals surface area contributed by atoms with Gasteiger partial charge in [0.1, 0.15) is 72.6 Å². The molecular weight excluding hydrogens is 1510 g/mol. The molecule has 44 nitrogen and oxygen atoms in total. The number of ether oxygens (including phenoxy) is 2. The summed E-state index contributed by atoms with van der Waals surface area (Å²) in [5.41, 5.74) is 12.0. The van der Waals surface area contributed by atoms with Gasteiger partial charge in [0.2, 0.25) is 88.6 Å². The summed E-state index contributed by atoms with van der Waals surface area (Å²) in [6.07, 6.45) is -6.89. The highest BCUT2D eigenvalue weighted by Gasteiger charge is 2.44. The number of nitrogens with two attached hydrogens (primary N) is 2. The van der Waals surface area contributed by atoms with E-state index in [0.717, 1.165) is 53.7 Å². The average molecular weight is 1620 g/mol. The molecule has 114 heavy (non-hydrogen) atoms. The number of carbonyl (C=O) groups excluding carboxylic acids is 16. The molecule has 632 valence electrons. The lowest BCUT2D eigenvalue weighted by atomic mass is 9.98. The summed E-state index contributed by atoms with van der Waals surface area (Å²) in [5.74, 6) is -29.9. The molecule has 1 aliphatic rings. The van der Waals surface area contributed by atoms with Crippen LogP contribution >= 0.6 is 0 Å². The molecule has 0 aliphatic carbocycles. The largest absolute Gasteiger partial charge is 0.481 e. The van der Waals surface area contributed by atoms with E-state index in [-0.39, 0.29) is 19.3 Å². The Kier molecular flexibility index (Phi) is 40.0. The number of carboxylic acids is 4. The minimum absolute atomic E-state index is 0.0287. The van der Waals surface area contributed by atoms with Gasteiger partial charge in [-0.15, -0.1) is 0 Å². The summed E-state index contributed by atoms with van der Waals surface area (Å²) in [5, 5.41) is 87.0. The van der Waals surface area contributed by atoms with Crippen LogP contribution < -0.4 is 75.3 Å². The molecule has 1 aromatic heterocycles. The number of fused-ring (bicyclic) bond motifs is 1. The van der Waals surface area contributed by atoms with Crippen molar-refractivity contribution in [1.82, 2.24) is 73.7 Å². The maximum Gasteiger partial charge on any atom is 0.335 e. The number of aliphatic carboxylic acids is 4. The first kappa shape index (κ1) is 96.2. The Hall–Kier alpha value is -12.0. The number of esters is 1. The smallest absolute Gasteiger partial charge is 0.335 e. The number of methoxy groups -OCH3 is 1. The second-order valence-corrected chi connectivity index (χ2v) is 27.6. The number of amides is 15. The molecular formula is C70H104N16O28. The molecule has 0 unspecified atom stereocenters. The molecule has 2 aromatic rings. The molecule has 3 rings (SSSR count). The number of aliphatic hydroxyl groups excluding tert-OH is 2. The van der Waals surface area contributed by atoms with Gasteiger partial charge in [0.15, 0.2) is 12.2 Å². The standard InChI is InChI=1S/C70H104N16O28/c1-9-33(4)52-70(112)114-35(6)53(83-67(108)54(56(98)58(72)99)84-61(102)40(22-24-50(94)95)78-62(103)41(25-36-28-73-38-19-16-15-18-37(36)38)76-46(89)20-14-12-10-11-13-17-32(2)3)68(109)86(7)30-48(91)75-34(5)59(100)80-43(27-51(96)97)64(105)81-44(31-87)65(106)85-55(57(113-8)69(110)111)66(107)74-29-47(90)77-42(26-45(71)88)63(104)79-39(60(101)82-52)21-23-49(92)93/h15-16,18-19,28,32-35,39-44,52-57,73,87,98H,9-14,17,20-27,29-31H2,1-8H3,(H2,71,88)(H2,72,99)(H,74,107)(H,75,91)(H,76,89)(H,77,90)(H,78,103)(H,79,104)(H,80,100)(H,81,105)(H,82,101)(H,83,108)(H,84,102)(H,85,106)(H,92,93)(H,94,95)(H,96,97)(H,110,111)/t33-,34-,35-,39-,40+,41-,42+,43-,44+,52-,53-,54-,55-,56-,57-/m0/s1. The lowest BCUT2D eigenvalue weighted by Crippen LogP contribution is -2.64. The monoisotopic (exact) mass is 1620 g/mol. The third-order valence-electron chi connectivity index (χ3n) is 18.0. The molecule has 44 heteroatoms. The molecule has 0 saturated carbocycles. The number of nitrogens with zero attached hydrogens (tertiary/aromatic N) is 1. The van der Waals surface area contributed by atoms with Crippen molar-refractivity contribution in [2.45, 2.75) is 223 Å². The van der Waals surface area contributed by atoms with E-state index in [1.54, 1.807) is 30.5 Å². The van der Waals surface area contributed by atoms with E-state index in [2.05, 4.69) is 50.7 Å². The first-order valence-corrected chi connectivity index (χ1v) is 36.4. The number of unbranched alkanes of at least 4 members (excludes halogenated alkanes) is 4. The highest BCUT2D eigenvalue weighted by atomic mass is 16.5. The van der Waals surface area contributed by atoms with Crippen LogP contribution in [0.3, 0.4) is 0 Å². The van der Waals surface area contributed by atoms with E-state index >= 15 is 0 Å². The van der Waals surface area contributed by atoms with Gasteiger partial charge in [-0.3, -0.25) is 86.3 Å². The number of rotatable bonds is 35. The van der Waals surface area contributed by atoms with Gasteiger partial charge in [0.25, 0.3) is 0 Å². The van der Waals surface area contributed by atoms with E-state index in [1.807, 2.05) is 31.9 Å². The fraction of sp³-hybridized carbons (Fsp3) is 0.600. The fourth-order valence-corrected chi connectivity index (χ4v) is 11.4. The van der Waals surface area contributed by atoms with Crippen molar-refractivity contribution < 1.29 is 136 Å². The Morgan fingerprint density at radius 2 is 1.21 bits per heavy atom. The predicted octanol–water partition coefficient (Wildman–Crippen LogP) is -6.97. The molecule has 15 amide bonds. The first-order valence-electron chi connectivity index (χ1n) is 36.4. The molecule has 23 N–H and O–H groups in total. The van der Waals surface area contributed by atoms with Crippen LogP contribution in [0.4, 0.5) is 0 Å². The number of aromatic amines is 1. The van der Waals surface area contributed by atoms with E-state index in [0.29, 0.717) is 40.1 Å². The topological polar surface area (TPSA) is 697 Å². The van der Waals surface area contributed by atoms with Crippen molar-refractivity contribution in [2.24, 2.45) is 23.3 Å². The average Bonchev–Trinajstić information content (AvgIpc) is 1.43. The van der Waals surface area contributed by atoms with Crippen LogP contribution in [0, 0.1) is 11.8 Å². The lowest BCUT2D eigenvalue weighted by Gasteiger charge is -2.32. The van der Waals surface area contributed by atoms with Gasteiger partial charge < -0.3 is 125 Å². The van der Waals surface area contributed by atoms with Crippen LogP contribution in [0.15, 0.2) is 30.5 Å². The molecule has 1 fully saturated rings. The number of para-hydroxylation sites is 1. The quantitative estimate of drug-likeness (QED) is 0.0225. The number of carboxylic acid groups (broad SMARTS) is 4. The Morgan fingerprint density at radius 3 is 1.80 bits per heavy atom. The highest BCUT2D eigenvalue weighted by Crippen LogP contribution is 2.21. The van der Waals surface area contributed by atoms with Crippen molar-refractivity contribution in [3.63, 3.8) is 0 Å².